The second-order valence-corrected chi connectivity index (χ2v) is 5.02. The van der Waals surface area contributed by atoms with Crippen molar-refractivity contribution in [2.45, 2.75) is 24.9 Å². The second kappa shape index (κ2) is 5.83. The number of hydrogen-bond donors (Lipinski definition) is 1. The minimum absolute atomic E-state index is 0.208. The lowest BCUT2D eigenvalue weighted by atomic mass is 9.96. The zero-order valence-electron chi connectivity index (χ0n) is 10.9. The maximum atomic E-state index is 12.7. The summed E-state index contributed by atoms with van der Waals surface area (Å²) in [6, 6.07) is 4.61. The van der Waals surface area contributed by atoms with Crippen LogP contribution in [0.25, 0.3) is 0 Å². The lowest BCUT2D eigenvalue weighted by Gasteiger charge is -2.21. The Morgan fingerprint density at radius 1 is 1.30 bits per heavy atom. The monoisotopic (exact) mass is 287 g/mol. The maximum absolute atomic E-state index is 12.7. The van der Waals surface area contributed by atoms with Crippen molar-refractivity contribution in [1.82, 2.24) is 4.90 Å². The molecule has 0 radical (unpaired) electrons. The number of aliphatic carboxylic acids is 1. The summed E-state index contributed by atoms with van der Waals surface area (Å²) >= 11 is 0. The Labute approximate surface area is 115 Å². The van der Waals surface area contributed by atoms with Gasteiger partial charge in [0.1, 0.15) is 0 Å². The molecule has 6 heteroatoms. The fourth-order valence-corrected chi connectivity index (χ4v) is 2.48. The van der Waals surface area contributed by atoms with E-state index in [1.165, 1.54) is 12.1 Å². The van der Waals surface area contributed by atoms with Gasteiger partial charge in [0.15, 0.2) is 0 Å². The zero-order valence-corrected chi connectivity index (χ0v) is 10.9. The molecular weight excluding hydrogens is 271 g/mol. The van der Waals surface area contributed by atoms with Crippen LogP contribution in [0.1, 0.15) is 29.9 Å². The predicted octanol–water partition coefficient (Wildman–Crippen LogP) is 2.97. The second-order valence-electron chi connectivity index (χ2n) is 5.02. The molecule has 1 atom stereocenters. The molecule has 1 heterocycles. The first-order chi connectivity index (χ1) is 9.38. The van der Waals surface area contributed by atoms with Crippen LogP contribution in [-0.2, 0) is 11.0 Å². The van der Waals surface area contributed by atoms with Gasteiger partial charge >= 0.3 is 12.1 Å². The fourth-order valence-electron chi connectivity index (χ4n) is 2.48. The molecule has 1 aromatic rings. The highest BCUT2D eigenvalue weighted by Gasteiger charge is 2.32. The molecule has 1 aromatic carbocycles. The zero-order chi connectivity index (χ0) is 14.8. The molecule has 0 amide bonds. The molecule has 3 nitrogen and oxygen atoms in total. The number of likely N-dealkylation sites (tertiary alicyclic amines) is 1. The number of alkyl halides is 3. The number of carboxylic acids is 1. The van der Waals surface area contributed by atoms with Gasteiger partial charge in [0, 0.05) is 6.54 Å². The first-order valence-corrected chi connectivity index (χ1v) is 6.50. The molecule has 110 valence electrons. The van der Waals surface area contributed by atoms with Crippen molar-refractivity contribution >= 4 is 5.97 Å². The SMILES string of the molecule is O=C(O)[C@@H](CN1CCCC1)c1cccc(C(F)(F)F)c1. The van der Waals surface area contributed by atoms with Crippen molar-refractivity contribution in [3.63, 3.8) is 0 Å². The molecule has 1 saturated heterocycles. The van der Waals surface area contributed by atoms with E-state index in [2.05, 4.69) is 0 Å². The lowest BCUT2D eigenvalue weighted by molar-refractivity contribution is -0.140. The van der Waals surface area contributed by atoms with E-state index >= 15 is 0 Å². The van der Waals surface area contributed by atoms with Crippen LogP contribution >= 0.6 is 0 Å². The summed E-state index contributed by atoms with van der Waals surface area (Å²) in [6.07, 6.45) is -2.43. The van der Waals surface area contributed by atoms with Crippen molar-refractivity contribution in [2.75, 3.05) is 19.6 Å². The first kappa shape index (κ1) is 14.8. The minimum atomic E-state index is -4.45. The number of halogens is 3. The molecule has 0 aliphatic carbocycles. The fraction of sp³-hybridized carbons (Fsp3) is 0.500. The van der Waals surface area contributed by atoms with Crippen LogP contribution in [0.15, 0.2) is 24.3 Å². The summed E-state index contributed by atoms with van der Waals surface area (Å²) in [7, 11) is 0. The quantitative estimate of drug-likeness (QED) is 0.925. The molecule has 0 spiro atoms. The number of carbonyl (C=O) groups is 1. The van der Waals surface area contributed by atoms with Gasteiger partial charge in [0.25, 0.3) is 0 Å². The third-order valence-corrected chi connectivity index (χ3v) is 3.55. The highest BCUT2D eigenvalue weighted by atomic mass is 19.4. The topological polar surface area (TPSA) is 40.5 Å². The van der Waals surface area contributed by atoms with Crippen LogP contribution < -0.4 is 0 Å². The minimum Gasteiger partial charge on any atom is -0.481 e. The predicted molar refractivity (Wildman–Crippen MR) is 67.5 cm³/mol. The largest absolute Gasteiger partial charge is 0.481 e. The third kappa shape index (κ3) is 3.50. The third-order valence-electron chi connectivity index (χ3n) is 3.55. The van der Waals surface area contributed by atoms with E-state index in [4.69, 9.17) is 0 Å². The standard InChI is InChI=1S/C14H16F3NO2/c15-14(16,17)11-5-3-4-10(8-11)12(13(19)20)9-18-6-1-2-7-18/h3-5,8,12H,1-2,6-7,9H2,(H,19,20)/t12-/m0/s1. The van der Waals surface area contributed by atoms with E-state index in [1.54, 1.807) is 0 Å². The van der Waals surface area contributed by atoms with Crippen molar-refractivity contribution in [2.24, 2.45) is 0 Å². The highest BCUT2D eigenvalue weighted by Crippen LogP contribution is 2.31. The van der Waals surface area contributed by atoms with Gasteiger partial charge in [-0.2, -0.15) is 13.2 Å². The Hall–Kier alpha value is -1.56. The molecular formula is C14H16F3NO2. The molecule has 20 heavy (non-hydrogen) atoms. The summed E-state index contributed by atoms with van der Waals surface area (Å²) in [5, 5.41) is 9.27. The average molecular weight is 287 g/mol. The maximum Gasteiger partial charge on any atom is 0.416 e. The molecule has 1 N–H and O–H groups in total. The van der Waals surface area contributed by atoms with Crippen LogP contribution in [0.3, 0.4) is 0 Å². The van der Waals surface area contributed by atoms with Crippen molar-refractivity contribution < 1.29 is 23.1 Å². The Balaban J connectivity index is 2.22. The van der Waals surface area contributed by atoms with E-state index in [0.717, 1.165) is 38.1 Å². The lowest BCUT2D eigenvalue weighted by Crippen LogP contribution is -2.29. The number of nitrogens with zero attached hydrogens (tertiary/aromatic N) is 1. The molecule has 1 aliphatic heterocycles. The van der Waals surface area contributed by atoms with E-state index < -0.39 is 23.6 Å². The van der Waals surface area contributed by atoms with E-state index in [-0.39, 0.29) is 12.1 Å². The average Bonchev–Trinajstić information content (AvgIpc) is 2.87. The summed E-state index contributed by atoms with van der Waals surface area (Å²) in [4.78, 5) is 13.3. The Morgan fingerprint density at radius 2 is 1.95 bits per heavy atom. The Morgan fingerprint density at radius 3 is 2.50 bits per heavy atom. The Bertz CT molecular complexity index is 482. The van der Waals surface area contributed by atoms with Gasteiger partial charge < -0.3 is 10.0 Å². The van der Waals surface area contributed by atoms with Gasteiger partial charge in [0.2, 0.25) is 0 Å². The van der Waals surface area contributed by atoms with Gasteiger partial charge in [-0.3, -0.25) is 4.79 Å². The van der Waals surface area contributed by atoms with E-state index in [9.17, 15) is 23.1 Å². The van der Waals surface area contributed by atoms with Gasteiger partial charge in [-0.1, -0.05) is 18.2 Å². The van der Waals surface area contributed by atoms with Crippen LogP contribution in [0.5, 0.6) is 0 Å². The van der Waals surface area contributed by atoms with Crippen LogP contribution in [0.4, 0.5) is 13.2 Å². The molecule has 0 unspecified atom stereocenters. The summed E-state index contributed by atoms with van der Waals surface area (Å²) in [5.41, 5.74) is -0.595. The van der Waals surface area contributed by atoms with E-state index in [0.29, 0.717) is 0 Å². The summed E-state index contributed by atoms with van der Waals surface area (Å²) < 4.78 is 38.0. The first-order valence-electron chi connectivity index (χ1n) is 6.50. The van der Waals surface area contributed by atoms with Crippen LogP contribution in [-0.4, -0.2) is 35.6 Å². The number of hydrogen-bond acceptors (Lipinski definition) is 2. The Kier molecular flexibility index (Phi) is 4.32. The summed E-state index contributed by atoms with van der Waals surface area (Å²) in [5.74, 6) is -2.01. The van der Waals surface area contributed by atoms with Gasteiger partial charge in [-0.25, -0.2) is 0 Å². The molecule has 2 rings (SSSR count). The van der Waals surface area contributed by atoms with Crippen molar-refractivity contribution in [3.05, 3.63) is 35.4 Å². The van der Waals surface area contributed by atoms with Crippen LogP contribution in [0, 0.1) is 0 Å². The molecule has 0 aromatic heterocycles. The van der Waals surface area contributed by atoms with Crippen LogP contribution in [0.2, 0.25) is 0 Å². The van der Waals surface area contributed by atoms with E-state index in [1.807, 2.05) is 4.90 Å². The highest BCUT2D eigenvalue weighted by molar-refractivity contribution is 5.76. The molecule has 0 bridgehead atoms. The van der Waals surface area contributed by atoms with Gasteiger partial charge in [0.05, 0.1) is 11.5 Å². The van der Waals surface area contributed by atoms with Crippen molar-refractivity contribution in [1.29, 1.82) is 0 Å². The van der Waals surface area contributed by atoms with Gasteiger partial charge in [-0.15, -0.1) is 0 Å². The van der Waals surface area contributed by atoms with Gasteiger partial charge in [-0.05, 0) is 37.6 Å². The number of rotatable bonds is 4. The summed E-state index contributed by atoms with van der Waals surface area (Å²) in [6.45, 7) is 1.88. The number of carboxylic acid groups (broad SMARTS) is 1. The smallest absolute Gasteiger partial charge is 0.416 e. The normalized spacial score (nSPS) is 18.1. The molecule has 1 fully saturated rings. The molecule has 0 saturated carbocycles. The van der Waals surface area contributed by atoms with Crippen molar-refractivity contribution in [3.8, 4) is 0 Å². The number of benzene rings is 1. The molecule has 1 aliphatic rings.